The number of benzene rings is 1. The molecule has 0 saturated heterocycles. The van der Waals surface area contributed by atoms with E-state index < -0.39 is 5.60 Å². The number of ketones is 1. The Labute approximate surface area is 114 Å². The van der Waals surface area contributed by atoms with Gasteiger partial charge in [0.05, 0.1) is 6.61 Å². The van der Waals surface area contributed by atoms with Gasteiger partial charge in [-0.05, 0) is 62.8 Å². The molecular formula is C16H22O3. The van der Waals surface area contributed by atoms with Gasteiger partial charge in [0.2, 0.25) is 0 Å². The van der Waals surface area contributed by atoms with Crippen molar-refractivity contribution in [2.75, 3.05) is 6.61 Å². The smallest absolute Gasteiger partial charge is 0.194 e. The van der Waals surface area contributed by atoms with Crippen LogP contribution in [-0.4, -0.2) is 23.1 Å². The highest BCUT2D eigenvalue weighted by Gasteiger charge is 2.39. The van der Waals surface area contributed by atoms with Crippen LogP contribution in [0.4, 0.5) is 0 Å². The second-order valence-corrected chi connectivity index (χ2v) is 5.50. The van der Waals surface area contributed by atoms with E-state index in [1.165, 1.54) is 0 Å². The van der Waals surface area contributed by atoms with E-state index in [2.05, 4.69) is 6.92 Å². The largest absolute Gasteiger partial charge is 0.494 e. The molecule has 0 aromatic heterocycles. The minimum Gasteiger partial charge on any atom is -0.494 e. The first kappa shape index (κ1) is 14.1. The lowest BCUT2D eigenvalue weighted by atomic mass is 9.76. The molecule has 0 unspecified atom stereocenters. The van der Waals surface area contributed by atoms with Crippen molar-refractivity contribution in [1.29, 1.82) is 0 Å². The van der Waals surface area contributed by atoms with E-state index in [0.29, 0.717) is 30.9 Å². The van der Waals surface area contributed by atoms with E-state index in [-0.39, 0.29) is 5.78 Å². The molecule has 0 atom stereocenters. The van der Waals surface area contributed by atoms with Crippen molar-refractivity contribution in [3.8, 4) is 5.75 Å². The number of hydrogen-bond donors (Lipinski definition) is 1. The zero-order chi connectivity index (χ0) is 13.9. The fraction of sp³-hybridized carbons (Fsp3) is 0.562. The maximum atomic E-state index is 12.4. The van der Waals surface area contributed by atoms with E-state index in [1.807, 2.05) is 6.92 Å². The van der Waals surface area contributed by atoms with Gasteiger partial charge in [0.25, 0.3) is 0 Å². The molecule has 0 heterocycles. The molecule has 1 N–H and O–H groups in total. The third-order valence-corrected chi connectivity index (χ3v) is 3.95. The quantitative estimate of drug-likeness (QED) is 0.847. The Balaban J connectivity index is 2.10. The van der Waals surface area contributed by atoms with Gasteiger partial charge in [-0.25, -0.2) is 0 Å². The van der Waals surface area contributed by atoms with Crippen molar-refractivity contribution < 1.29 is 14.6 Å². The summed E-state index contributed by atoms with van der Waals surface area (Å²) in [6, 6.07) is 7.05. The molecule has 1 fully saturated rings. The minimum absolute atomic E-state index is 0.151. The van der Waals surface area contributed by atoms with Crippen molar-refractivity contribution in [1.82, 2.24) is 0 Å². The predicted molar refractivity (Wildman–Crippen MR) is 74.5 cm³/mol. The molecule has 0 radical (unpaired) electrons. The van der Waals surface area contributed by atoms with Crippen molar-refractivity contribution >= 4 is 5.78 Å². The molecule has 3 nitrogen and oxygen atoms in total. The van der Waals surface area contributed by atoms with E-state index >= 15 is 0 Å². The van der Waals surface area contributed by atoms with Crippen LogP contribution in [0.15, 0.2) is 24.3 Å². The molecule has 0 amide bonds. The maximum absolute atomic E-state index is 12.4. The SMILES string of the molecule is CCOc1ccc(C(=O)C2(O)CCC(C)CC2)cc1. The molecule has 3 heteroatoms. The summed E-state index contributed by atoms with van der Waals surface area (Å²) in [6.45, 7) is 4.70. The van der Waals surface area contributed by atoms with Gasteiger partial charge >= 0.3 is 0 Å². The Hall–Kier alpha value is -1.35. The molecule has 0 aliphatic heterocycles. The van der Waals surface area contributed by atoms with Crippen LogP contribution in [0.5, 0.6) is 5.75 Å². The van der Waals surface area contributed by atoms with Gasteiger partial charge in [0.1, 0.15) is 11.4 Å². The lowest BCUT2D eigenvalue weighted by Crippen LogP contribution is -2.41. The molecule has 1 saturated carbocycles. The molecule has 1 aromatic carbocycles. The Morgan fingerprint density at radius 3 is 2.42 bits per heavy atom. The van der Waals surface area contributed by atoms with Crippen LogP contribution in [0, 0.1) is 5.92 Å². The van der Waals surface area contributed by atoms with Crippen LogP contribution in [0.3, 0.4) is 0 Å². The van der Waals surface area contributed by atoms with E-state index in [0.717, 1.165) is 18.6 Å². The molecular weight excluding hydrogens is 240 g/mol. The lowest BCUT2D eigenvalue weighted by molar-refractivity contribution is 0.00426. The van der Waals surface area contributed by atoms with Crippen LogP contribution < -0.4 is 4.74 Å². The first-order valence-electron chi connectivity index (χ1n) is 7.05. The average Bonchev–Trinajstić information content (AvgIpc) is 2.43. The zero-order valence-corrected chi connectivity index (χ0v) is 11.7. The standard InChI is InChI=1S/C16H22O3/c1-3-19-14-6-4-13(5-7-14)15(17)16(18)10-8-12(2)9-11-16/h4-7,12,18H,3,8-11H2,1-2H3. The number of rotatable bonds is 4. The van der Waals surface area contributed by atoms with Crippen LogP contribution in [0.1, 0.15) is 49.9 Å². The first-order valence-corrected chi connectivity index (χ1v) is 7.05. The Morgan fingerprint density at radius 2 is 1.89 bits per heavy atom. The van der Waals surface area contributed by atoms with Gasteiger partial charge in [-0.2, -0.15) is 0 Å². The van der Waals surface area contributed by atoms with Crippen LogP contribution >= 0.6 is 0 Å². The summed E-state index contributed by atoms with van der Waals surface area (Å²) in [5.74, 6) is 1.21. The normalized spacial score (nSPS) is 27.0. The van der Waals surface area contributed by atoms with E-state index in [4.69, 9.17) is 4.74 Å². The minimum atomic E-state index is -1.17. The summed E-state index contributed by atoms with van der Waals surface area (Å²) in [5, 5.41) is 10.5. The number of hydrogen-bond acceptors (Lipinski definition) is 3. The van der Waals surface area contributed by atoms with Crippen molar-refractivity contribution in [2.45, 2.75) is 45.1 Å². The summed E-state index contributed by atoms with van der Waals surface area (Å²) in [7, 11) is 0. The van der Waals surface area contributed by atoms with Gasteiger partial charge in [0.15, 0.2) is 5.78 Å². The number of ether oxygens (including phenoxy) is 1. The van der Waals surface area contributed by atoms with Crippen LogP contribution in [0.25, 0.3) is 0 Å². The van der Waals surface area contributed by atoms with Crippen LogP contribution in [0.2, 0.25) is 0 Å². The van der Waals surface area contributed by atoms with Crippen molar-refractivity contribution in [3.05, 3.63) is 29.8 Å². The summed E-state index contributed by atoms with van der Waals surface area (Å²) in [6.07, 6.45) is 2.97. The fourth-order valence-electron chi connectivity index (χ4n) is 2.60. The summed E-state index contributed by atoms with van der Waals surface area (Å²) in [4.78, 5) is 12.4. The van der Waals surface area contributed by atoms with Crippen LogP contribution in [-0.2, 0) is 0 Å². The highest BCUT2D eigenvalue weighted by molar-refractivity contribution is 6.02. The van der Waals surface area contributed by atoms with Gasteiger partial charge in [0, 0.05) is 5.56 Å². The van der Waals surface area contributed by atoms with Crippen molar-refractivity contribution in [3.63, 3.8) is 0 Å². The molecule has 1 aliphatic carbocycles. The molecule has 0 bridgehead atoms. The molecule has 0 spiro atoms. The Bertz CT molecular complexity index is 428. The number of Topliss-reactive ketones (excluding diaryl/α,β-unsaturated/α-hetero) is 1. The van der Waals surface area contributed by atoms with Gasteiger partial charge in [-0.15, -0.1) is 0 Å². The van der Waals surface area contributed by atoms with Crippen molar-refractivity contribution in [2.24, 2.45) is 5.92 Å². The second kappa shape index (κ2) is 5.74. The molecule has 19 heavy (non-hydrogen) atoms. The number of carbonyl (C=O) groups is 1. The number of carbonyl (C=O) groups excluding carboxylic acids is 1. The average molecular weight is 262 g/mol. The fourth-order valence-corrected chi connectivity index (χ4v) is 2.60. The highest BCUT2D eigenvalue weighted by Crippen LogP contribution is 2.34. The summed E-state index contributed by atoms with van der Waals surface area (Å²) < 4.78 is 5.35. The maximum Gasteiger partial charge on any atom is 0.194 e. The van der Waals surface area contributed by atoms with E-state index in [1.54, 1.807) is 24.3 Å². The molecule has 1 aliphatic rings. The number of aliphatic hydroxyl groups is 1. The Kier molecular flexibility index (Phi) is 4.25. The predicted octanol–water partition coefficient (Wildman–Crippen LogP) is 3.21. The van der Waals surface area contributed by atoms with Gasteiger partial charge in [-0.1, -0.05) is 6.92 Å². The third kappa shape index (κ3) is 3.16. The molecule has 1 aromatic rings. The third-order valence-electron chi connectivity index (χ3n) is 3.95. The van der Waals surface area contributed by atoms with Gasteiger partial charge < -0.3 is 9.84 Å². The van der Waals surface area contributed by atoms with Gasteiger partial charge in [-0.3, -0.25) is 4.79 Å². The highest BCUT2D eigenvalue weighted by atomic mass is 16.5. The zero-order valence-electron chi connectivity index (χ0n) is 11.7. The lowest BCUT2D eigenvalue weighted by Gasteiger charge is -2.33. The van der Waals surface area contributed by atoms with E-state index in [9.17, 15) is 9.90 Å². The Morgan fingerprint density at radius 1 is 1.32 bits per heavy atom. The molecule has 2 rings (SSSR count). The topological polar surface area (TPSA) is 46.5 Å². The molecule has 104 valence electrons. The summed E-state index contributed by atoms with van der Waals surface area (Å²) in [5.41, 5.74) is -0.597. The summed E-state index contributed by atoms with van der Waals surface area (Å²) >= 11 is 0. The monoisotopic (exact) mass is 262 g/mol. The second-order valence-electron chi connectivity index (χ2n) is 5.50. The first-order chi connectivity index (χ1) is 9.05.